The summed E-state index contributed by atoms with van der Waals surface area (Å²) in [5.74, 6) is 0.947. The molecule has 1 aliphatic rings. The molecule has 0 aliphatic heterocycles. The smallest absolute Gasteiger partial charge is 0.255 e. The lowest BCUT2D eigenvalue weighted by Gasteiger charge is -2.29. The summed E-state index contributed by atoms with van der Waals surface area (Å²) in [4.78, 5) is 35.5. The maximum atomic E-state index is 12.7. The molecule has 0 bridgehead atoms. The number of para-hydroxylation sites is 1. The van der Waals surface area contributed by atoms with Gasteiger partial charge in [-0.2, -0.15) is 5.10 Å². The van der Waals surface area contributed by atoms with Gasteiger partial charge in [-0.05, 0) is 43.4 Å². The molecule has 1 saturated carbocycles. The number of methoxy groups -OCH3 is 1. The number of anilines is 1. The number of nitrogens with two attached hydrogens (primary N) is 1. The summed E-state index contributed by atoms with van der Waals surface area (Å²) in [7, 11) is 5.16. The highest BCUT2D eigenvalue weighted by atomic mass is 16.5. The number of carbonyl (C=O) groups is 2. The zero-order valence-electron chi connectivity index (χ0n) is 22.4. The summed E-state index contributed by atoms with van der Waals surface area (Å²) in [6.07, 6.45) is 4.78. The minimum Gasteiger partial charge on any atom is -0.496 e. The molecule has 5 rings (SSSR count). The molecule has 4 aromatic rings. The SMILES string of the molecule is COc1ccccc1C(=O)NCc1ccc(-c2nn(C3CCC(C(=O)N(C)C)CC3)c3ncnc(N)c23)cc1. The number of carbonyl (C=O) groups excluding carboxylic acids is 2. The highest BCUT2D eigenvalue weighted by Crippen LogP contribution is 2.37. The zero-order chi connectivity index (χ0) is 27.5. The van der Waals surface area contributed by atoms with Gasteiger partial charge in [0, 0.05) is 32.1 Å². The highest BCUT2D eigenvalue weighted by molar-refractivity contribution is 5.98. The quantitative estimate of drug-likeness (QED) is 0.374. The first-order valence-corrected chi connectivity index (χ1v) is 13.1. The average Bonchev–Trinajstić information content (AvgIpc) is 3.36. The summed E-state index contributed by atoms with van der Waals surface area (Å²) in [5, 5.41) is 8.64. The number of fused-ring (bicyclic) bond motifs is 1. The Kier molecular flexibility index (Phi) is 7.44. The number of amides is 2. The van der Waals surface area contributed by atoms with Gasteiger partial charge in [0.1, 0.15) is 23.6 Å². The van der Waals surface area contributed by atoms with Crippen LogP contribution in [0.5, 0.6) is 5.75 Å². The second-order valence-corrected chi connectivity index (χ2v) is 10.1. The van der Waals surface area contributed by atoms with Gasteiger partial charge in [-0.15, -0.1) is 0 Å². The van der Waals surface area contributed by atoms with Crippen LogP contribution in [-0.2, 0) is 11.3 Å². The Morgan fingerprint density at radius 1 is 1.05 bits per heavy atom. The van der Waals surface area contributed by atoms with Crippen LogP contribution >= 0.6 is 0 Å². The largest absolute Gasteiger partial charge is 0.496 e. The second kappa shape index (κ2) is 11.1. The van der Waals surface area contributed by atoms with Crippen LogP contribution in [0.3, 0.4) is 0 Å². The monoisotopic (exact) mass is 527 g/mol. The van der Waals surface area contributed by atoms with Crippen molar-refractivity contribution in [3.8, 4) is 17.0 Å². The average molecular weight is 528 g/mol. The first kappa shape index (κ1) is 26.1. The maximum absolute atomic E-state index is 12.7. The lowest BCUT2D eigenvalue weighted by Crippen LogP contribution is -2.32. The number of benzene rings is 2. The van der Waals surface area contributed by atoms with Crippen LogP contribution in [-0.4, -0.2) is 57.7 Å². The third-order valence-electron chi connectivity index (χ3n) is 7.38. The van der Waals surface area contributed by atoms with Crippen LogP contribution in [0.1, 0.15) is 47.6 Å². The van der Waals surface area contributed by atoms with Crippen molar-refractivity contribution in [1.82, 2.24) is 30.0 Å². The highest BCUT2D eigenvalue weighted by Gasteiger charge is 2.30. The van der Waals surface area contributed by atoms with Crippen molar-refractivity contribution in [2.75, 3.05) is 26.9 Å². The normalized spacial score (nSPS) is 17.1. The van der Waals surface area contributed by atoms with Crippen molar-refractivity contribution in [3.63, 3.8) is 0 Å². The van der Waals surface area contributed by atoms with E-state index in [1.165, 1.54) is 6.33 Å². The number of hydrogen-bond donors (Lipinski definition) is 2. The summed E-state index contributed by atoms with van der Waals surface area (Å²) < 4.78 is 7.25. The van der Waals surface area contributed by atoms with Crippen molar-refractivity contribution in [1.29, 1.82) is 0 Å². The van der Waals surface area contributed by atoms with Crippen LogP contribution in [0.25, 0.3) is 22.3 Å². The molecule has 0 atom stereocenters. The maximum Gasteiger partial charge on any atom is 0.255 e. The van der Waals surface area contributed by atoms with Crippen molar-refractivity contribution < 1.29 is 14.3 Å². The fourth-order valence-corrected chi connectivity index (χ4v) is 5.27. The van der Waals surface area contributed by atoms with Crippen molar-refractivity contribution >= 4 is 28.7 Å². The molecule has 10 nitrogen and oxygen atoms in total. The standard InChI is InChI=1S/C29H33N7O3/c1-35(2)29(38)20-12-14-21(15-13-20)36-27-24(26(30)32-17-33-27)25(34-36)19-10-8-18(9-11-19)16-31-28(37)22-6-4-5-7-23(22)39-3/h4-11,17,20-21H,12-16H2,1-3H3,(H,31,37)(H2,30,32,33). The van der Waals surface area contributed by atoms with Gasteiger partial charge in [0.2, 0.25) is 5.91 Å². The van der Waals surface area contributed by atoms with Crippen molar-refractivity contribution in [2.45, 2.75) is 38.3 Å². The van der Waals surface area contributed by atoms with E-state index in [0.29, 0.717) is 29.3 Å². The van der Waals surface area contributed by atoms with E-state index < -0.39 is 0 Å². The summed E-state index contributed by atoms with van der Waals surface area (Å²) >= 11 is 0. The molecule has 39 heavy (non-hydrogen) atoms. The predicted molar refractivity (Wildman–Crippen MR) is 149 cm³/mol. The Morgan fingerprint density at radius 2 is 1.77 bits per heavy atom. The van der Waals surface area contributed by atoms with Crippen LogP contribution in [0, 0.1) is 5.92 Å². The Hall–Kier alpha value is -4.47. The van der Waals surface area contributed by atoms with Gasteiger partial charge in [-0.25, -0.2) is 14.6 Å². The predicted octanol–water partition coefficient (Wildman–Crippen LogP) is 3.83. The van der Waals surface area contributed by atoms with Gasteiger partial charge in [0.05, 0.1) is 24.1 Å². The molecule has 1 fully saturated rings. The first-order valence-electron chi connectivity index (χ1n) is 13.1. The summed E-state index contributed by atoms with van der Waals surface area (Å²) in [6.45, 7) is 0.368. The molecule has 3 N–H and O–H groups in total. The lowest BCUT2D eigenvalue weighted by atomic mass is 9.85. The van der Waals surface area contributed by atoms with E-state index in [2.05, 4.69) is 15.3 Å². The van der Waals surface area contributed by atoms with E-state index in [1.54, 1.807) is 44.3 Å². The van der Waals surface area contributed by atoms with E-state index in [1.807, 2.05) is 35.0 Å². The molecular formula is C29H33N7O3. The number of nitrogen functional groups attached to an aromatic ring is 1. The minimum atomic E-state index is -0.201. The third-order valence-corrected chi connectivity index (χ3v) is 7.38. The van der Waals surface area contributed by atoms with E-state index in [0.717, 1.165) is 47.9 Å². The topological polar surface area (TPSA) is 128 Å². The molecule has 10 heteroatoms. The van der Waals surface area contributed by atoms with Gasteiger partial charge in [-0.3, -0.25) is 9.59 Å². The molecule has 202 valence electrons. The van der Waals surface area contributed by atoms with Gasteiger partial charge in [-0.1, -0.05) is 36.4 Å². The number of nitrogens with one attached hydrogen (secondary N) is 1. The van der Waals surface area contributed by atoms with Gasteiger partial charge < -0.3 is 20.7 Å². The minimum absolute atomic E-state index is 0.0493. The fraction of sp³-hybridized carbons (Fsp3) is 0.345. The molecule has 2 amide bonds. The molecule has 2 aromatic carbocycles. The molecule has 2 aromatic heterocycles. The number of aromatic nitrogens is 4. The van der Waals surface area contributed by atoms with E-state index >= 15 is 0 Å². The molecule has 0 unspecified atom stereocenters. The molecule has 0 spiro atoms. The van der Waals surface area contributed by atoms with Crippen LogP contribution < -0.4 is 15.8 Å². The molecule has 0 saturated heterocycles. The Bertz CT molecular complexity index is 1490. The van der Waals surface area contributed by atoms with Gasteiger partial charge >= 0.3 is 0 Å². The Morgan fingerprint density at radius 3 is 2.46 bits per heavy atom. The van der Waals surface area contributed by atoms with Crippen LogP contribution in [0.15, 0.2) is 54.9 Å². The third kappa shape index (κ3) is 5.27. The number of nitrogens with zero attached hydrogens (tertiary/aromatic N) is 5. The van der Waals surface area contributed by atoms with Gasteiger partial charge in [0.25, 0.3) is 5.91 Å². The van der Waals surface area contributed by atoms with Crippen molar-refractivity contribution in [3.05, 3.63) is 66.0 Å². The van der Waals surface area contributed by atoms with Crippen LogP contribution in [0.4, 0.5) is 5.82 Å². The molecule has 2 heterocycles. The zero-order valence-corrected chi connectivity index (χ0v) is 22.4. The van der Waals surface area contributed by atoms with Crippen LogP contribution in [0.2, 0.25) is 0 Å². The van der Waals surface area contributed by atoms with E-state index in [9.17, 15) is 9.59 Å². The Balaban J connectivity index is 1.35. The molecular weight excluding hydrogens is 494 g/mol. The Labute approximate surface area is 227 Å². The van der Waals surface area contributed by atoms with Crippen molar-refractivity contribution in [2.24, 2.45) is 5.92 Å². The first-order chi connectivity index (χ1) is 18.9. The summed E-state index contributed by atoms with van der Waals surface area (Å²) in [5.41, 5.74) is 10.1. The van der Waals surface area contributed by atoms with E-state index in [4.69, 9.17) is 15.6 Å². The van der Waals surface area contributed by atoms with E-state index in [-0.39, 0.29) is 23.8 Å². The molecule has 0 radical (unpaired) electrons. The fourth-order valence-electron chi connectivity index (χ4n) is 5.27. The van der Waals surface area contributed by atoms with Gasteiger partial charge in [0.15, 0.2) is 5.65 Å². The number of rotatable bonds is 7. The second-order valence-electron chi connectivity index (χ2n) is 10.1. The lowest BCUT2D eigenvalue weighted by molar-refractivity contribution is -0.134. The number of ether oxygens (including phenoxy) is 1. The number of hydrogen-bond acceptors (Lipinski definition) is 7. The molecule has 1 aliphatic carbocycles. The summed E-state index contributed by atoms with van der Waals surface area (Å²) in [6, 6.07) is 15.1.